The number of amides is 1. The lowest BCUT2D eigenvalue weighted by Crippen LogP contribution is -2.50. The molecule has 2 aliphatic rings. The lowest BCUT2D eigenvalue weighted by molar-refractivity contribution is -0.113. The summed E-state index contributed by atoms with van der Waals surface area (Å²) < 4.78 is 1.65. The summed E-state index contributed by atoms with van der Waals surface area (Å²) in [4.78, 5) is 28.9. The lowest BCUT2D eigenvalue weighted by Gasteiger charge is -2.38. The van der Waals surface area contributed by atoms with E-state index in [9.17, 15) is 4.79 Å². The fourth-order valence-corrected chi connectivity index (χ4v) is 5.16. The predicted molar refractivity (Wildman–Crippen MR) is 144 cm³/mol. The molecule has 0 spiro atoms. The Morgan fingerprint density at radius 1 is 1.13 bits per heavy atom. The molecule has 2 atom stereocenters. The topological polar surface area (TPSA) is 137 Å². The van der Waals surface area contributed by atoms with Crippen LogP contribution in [0.3, 0.4) is 0 Å². The lowest BCUT2D eigenvalue weighted by atomic mass is 10.0. The van der Waals surface area contributed by atoms with Crippen molar-refractivity contribution in [2.45, 2.75) is 32.9 Å². The second kappa shape index (κ2) is 9.17. The molecule has 13 heteroatoms. The molecule has 3 aromatic heterocycles. The molecule has 1 aromatic carbocycles. The Kier molecular flexibility index (Phi) is 5.79. The first-order chi connectivity index (χ1) is 18.3. The first kappa shape index (κ1) is 24.0. The molecule has 4 aromatic rings. The van der Waals surface area contributed by atoms with Crippen molar-refractivity contribution >= 4 is 34.3 Å². The molecule has 0 saturated carbocycles. The van der Waals surface area contributed by atoms with Crippen molar-refractivity contribution in [3.8, 4) is 11.4 Å². The van der Waals surface area contributed by atoms with Gasteiger partial charge in [-0.2, -0.15) is 5.10 Å². The minimum Gasteiger partial charge on any atom is -0.354 e. The van der Waals surface area contributed by atoms with Crippen molar-refractivity contribution in [3.05, 3.63) is 41.9 Å². The molecule has 1 saturated heterocycles. The largest absolute Gasteiger partial charge is 0.354 e. The third-order valence-corrected chi connectivity index (χ3v) is 7.70. The SMILES string of the molecule is CC1=C(C(=O)Nc2ccc3[nH]nc(-c4cc(N5CCN(C)[C@@H](C)C5)ncn4)c3c2)C(C)n2nnnc2N1C. The number of fused-ring (bicyclic) bond motifs is 2. The number of H-pyrrole nitrogens is 1. The molecule has 6 rings (SSSR count). The first-order valence-electron chi connectivity index (χ1n) is 12.6. The van der Waals surface area contributed by atoms with Gasteiger partial charge in [0.2, 0.25) is 5.95 Å². The molecule has 1 unspecified atom stereocenters. The molecule has 38 heavy (non-hydrogen) atoms. The normalized spacial score (nSPS) is 20.2. The van der Waals surface area contributed by atoms with E-state index in [1.165, 1.54) is 0 Å². The molecule has 1 fully saturated rings. The zero-order valence-corrected chi connectivity index (χ0v) is 22.0. The fraction of sp³-hybridized carbons (Fsp3) is 0.400. The summed E-state index contributed by atoms with van der Waals surface area (Å²) in [5.41, 5.74) is 4.34. The van der Waals surface area contributed by atoms with Gasteiger partial charge in [-0.25, -0.2) is 14.6 Å². The summed E-state index contributed by atoms with van der Waals surface area (Å²) in [6, 6.07) is 7.80. The van der Waals surface area contributed by atoms with Crippen molar-refractivity contribution in [2.75, 3.05) is 48.8 Å². The van der Waals surface area contributed by atoms with Gasteiger partial charge in [-0.3, -0.25) is 9.89 Å². The van der Waals surface area contributed by atoms with Crippen molar-refractivity contribution < 1.29 is 4.79 Å². The van der Waals surface area contributed by atoms with E-state index in [0.717, 1.165) is 47.7 Å². The Labute approximate surface area is 219 Å². The number of allylic oxidation sites excluding steroid dienone is 1. The van der Waals surface area contributed by atoms with E-state index in [0.29, 0.717) is 28.9 Å². The molecule has 5 heterocycles. The van der Waals surface area contributed by atoms with Crippen LogP contribution in [0.5, 0.6) is 0 Å². The van der Waals surface area contributed by atoms with E-state index in [2.05, 4.69) is 64.8 Å². The highest BCUT2D eigenvalue weighted by Gasteiger charge is 2.32. The summed E-state index contributed by atoms with van der Waals surface area (Å²) in [6.45, 7) is 8.82. The van der Waals surface area contributed by atoms with Crippen molar-refractivity contribution in [1.29, 1.82) is 0 Å². The van der Waals surface area contributed by atoms with Crippen LogP contribution in [-0.2, 0) is 4.79 Å². The van der Waals surface area contributed by atoms with Crippen LogP contribution in [0.15, 0.2) is 41.9 Å². The highest BCUT2D eigenvalue weighted by Crippen LogP contribution is 2.33. The fourth-order valence-electron chi connectivity index (χ4n) is 5.16. The number of piperazine rings is 1. The number of benzene rings is 1. The number of aromatic amines is 1. The van der Waals surface area contributed by atoms with Crippen LogP contribution in [0.4, 0.5) is 17.5 Å². The maximum atomic E-state index is 13.4. The second-order valence-corrected chi connectivity index (χ2v) is 9.98. The van der Waals surface area contributed by atoms with Gasteiger partial charge in [-0.05, 0) is 56.4 Å². The smallest absolute Gasteiger partial charge is 0.255 e. The van der Waals surface area contributed by atoms with Gasteiger partial charge >= 0.3 is 0 Å². The van der Waals surface area contributed by atoms with E-state index < -0.39 is 0 Å². The number of nitrogens with zero attached hydrogens (tertiary/aromatic N) is 10. The van der Waals surface area contributed by atoms with E-state index in [-0.39, 0.29) is 11.9 Å². The van der Waals surface area contributed by atoms with Gasteiger partial charge in [0.1, 0.15) is 17.8 Å². The van der Waals surface area contributed by atoms with Crippen LogP contribution >= 0.6 is 0 Å². The number of rotatable bonds is 4. The van der Waals surface area contributed by atoms with E-state index >= 15 is 0 Å². The number of hydrogen-bond donors (Lipinski definition) is 2. The molecule has 1 amide bonds. The van der Waals surface area contributed by atoms with Crippen molar-refractivity contribution in [1.82, 2.24) is 45.3 Å². The van der Waals surface area contributed by atoms with Crippen LogP contribution in [0.25, 0.3) is 22.3 Å². The number of carbonyl (C=O) groups is 1. The minimum absolute atomic E-state index is 0.207. The van der Waals surface area contributed by atoms with Gasteiger partial charge in [0.25, 0.3) is 5.91 Å². The monoisotopic (exact) mass is 514 g/mol. The molecule has 0 aliphatic carbocycles. The summed E-state index contributed by atoms with van der Waals surface area (Å²) in [5.74, 6) is 1.28. The molecule has 13 nitrogen and oxygen atoms in total. The Bertz CT molecular complexity index is 1550. The van der Waals surface area contributed by atoms with Crippen LogP contribution in [-0.4, -0.2) is 91.0 Å². The zero-order valence-electron chi connectivity index (χ0n) is 22.0. The number of likely N-dealkylation sites (N-methyl/N-ethyl adjacent to an activating group) is 1. The van der Waals surface area contributed by atoms with Gasteiger partial charge in [-0.15, -0.1) is 0 Å². The highest BCUT2D eigenvalue weighted by atomic mass is 16.1. The van der Waals surface area contributed by atoms with Gasteiger partial charge in [0.15, 0.2) is 0 Å². The third-order valence-electron chi connectivity index (χ3n) is 7.70. The van der Waals surface area contributed by atoms with Crippen LogP contribution in [0, 0.1) is 0 Å². The number of aromatic nitrogens is 8. The van der Waals surface area contributed by atoms with Crippen LogP contribution < -0.4 is 15.1 Å². The van der Waals surface area contributed by atoms with E-state index in [1.54, 1.807) is 11.0 Å². The quantitative estimate of drug-likeness (QED) is 0.416. The number of tetrazole rings is 1. The summed E-state index contributed by atoms with van der Waals surface area (Å²) in [7, 11) is 3.99. The van der Waals surface area contributed by atoms with E-state index in [4.69, 9.17) is 0 Å². The third kappa shape index (κ3) is 3.95. The maximum absolute atomic E-state index is 13.4. The molecule has 0 bridgehead atoms. The number of carbonyl (C=O) groups excluding carboxylic acids is 1. The minimum atomic E-state index is -0.304. The summed E-state index contributed by atoms with van der Waals surface area (Å²) in [6.07, 6.45) is 1.59. The van der Waals surface area contributed by atoms with Crippen LogP contribution in [0.1, 0.15) is 26.8 Å². The first-order valence-corrected chi connectivity index (χ1v) is 12.6. The average molecular weight is 515 g/mol. The van der Waals surface area contributed by atoms with Gasteiger partial charge in [0, 0.05) is 55.6 Å². The molecular formula is C25H30N12O. The van der Waals surface area contributed by atoms with Crippen molar-refractivity contribution in [3.63, 3.8) is 0 Å². The van der Waals surface area contributed by atoms with Crippen molar-refractivity contribution in [2.24, 2.45) is 0 Å². The Morgan fingerprint density at radius 3 is 2.79 bits per heavy atom. The maximum Gasteiger partial charge on any atom is 0.255 e. The molecule has 2 N–H and O–H groups in total. The van der Waals surface area contributed by atoms with Gasteiger partial charge in [0.05, 0.1) is 22.8 Å². The van der Waals surface area contributed by atoms with Crippen LogP contribution in [0.2, 0.25) is 0 Å². The second-order valence-electron chi connectivity index (χ2n) is 9.98. The molecule has 0 radical (unpaired) electrons. The molecular weight excluding hydrogens is 484 g/mol. The zero-order chi connectivity index (χ0) is 26.6. The number of anilines is 3. The summed E-state index contributed by atoms with van der Waals surface area (Å²) >= 11 is 0. The van der Waals surface area contributed by atoms with E-state index in [1.807, 2.05) is 50.1 Å². The Balaban J connectivity index is 1.28. The Morgan fingerprint density at radius 2 is 1.97 bits per heavy atom. The Hall–Kier alpha value is -4.39. The predicted octanol–water partition coefficient (Wildman–Crippen LogP) is 2.07. The average Bonchev–Trinajstić information content (AvgIpc) is 3.57. The molecule has 196 valence electrons. The van der Waals surface area contributed by atoms with Gasteiger partial charge in [-0.1, -0.05) is 5.10 Å². The standard InChI is InChI=1S/C25H30N12O/c1-14-12-36(9-8-34(14)4)21-11-20(26-13-27-21)23-18-10-17(6-7-19(18)29-30-23)28-24(38)22-15(2)35(5)25-31-32-33-37(25)16(22)3/h6-7,10-11,13-14,16H,8-9,12H2,1-5H3,(H,28,38)(H,29,30)/t14-,16?/m0/s1. The van der Waals surface area contributed by atoms with Gasteiger partial charge < -0.3 is 20.0 Å². The summed E-state index contributed by atoms with van der Waals surface area (Å²) in [5, 5.41) is 23.4. The number of nitrogens with one attached hydrogen (secondary N) is 2. The number of hydrogen-bond acceptors (Lipinski definition) is 10. The highest BCUT2D eigenvalue weighted by molar-refractivity contribution is 6.07. The molecule has 2 aliphatic heterocycles.